The Morgan fingerprint density at radius 1 is 1.47 bits per heavy atom. The number of aromatic nitrogens is 2. The molecule has 15 heavy (non-hydrogen) atoms. The van der Waals surface area contributed by atoms with Crippen molar-refractivity contribution in [2.24, 2.45) is 0 Å². The van der Waals surface area contributed by atoms with Gasteiger partial charge in [0.25, 0.3) is 0 Å². The minimum atomic E-state index is -0.190. The van der Waals surface area contributed by atoms with Crippen molar-refractivity contribution in [1.29, 1.82) is 0 Å². The van der Waals surface area contributed by atoms with Crippen molar-refractivity contribution >= 4 is 5.69 Å². The Balaban J connectivity index is 2.08. The van der Waals surface area contributed by atoms with Crippen LogP contribution in [0.25, 0.3) is 0 Å². The van der Waals surface area contributed by atoms with Gasteiger partial charge in [-0.05, 0) is 19.1 Å². The van der Waals surface area contributed by atoms with E-state index in [1.54, 1.807) is 25.5 Å². The number of nitrogens with zero attached hydrogens (tertiary/aromatic N) is 1. The van der Waals surface area contributed by atoms with E-state index in [-0.39, 0.29) is 5.82 Å². The summed E-state index contributed by atoms with van der Waals surface area (Å²) in [4.78, 5) is 6.88. The van der Waals surface area contributed by atoms with Crippen LogP contribution >= 0.6 is 0 Å². The highest BCUT2D eigenvalue weighted by Gasteiger charge is 2.02. The number of hydrogen-bond acceptors (Lipinski definition) is 2. The Morgan fingerprint density at radius 2 is 2.33 bits per heavy atom. The molecule has 0 aliphatic carbocycles. The quantitative estimate of drug-likeness (QED) is 0.808. The predicted octanol–water partition coefficient (Wildman–Crippen LogP) is 2.47. The van der Waals surface area contributed by atoms with Crippen LogP contribution in [0.2, 0.25) is 0 Å². The number of rotatable bonds is 3. The molecule has 2 aromatic rings. The molecule has 4 heteroatoms. The molecule has 3 nitrogen and oxygen atoms in total. The summed E-state index contributed by atoms with van der Waals surface area (Å²) in [5.74, 6) is -0.190. The number of anilines is 1. The van der Waals surface area contributed by atoms with Crippen LogP contribution in [0.3, 0.4) is 0 Å². The maximum absolute atomic E-state index is 13.2. The predicted molar refractivity (Wildman–Crippen MR) is 57.1 cm³/mol. The van der Waals surface area contributed by atoms with Gasteiger partial charge in [-0.1, -0.05) is 6.07 Å². The fourth-order valence-corrected chi connectivity index (χ4v) is 1.37. The maximum atomic E-state index is 13.2. The van der Waals surface area contributed by atoms with Gasteiger partial charge in [0, 0.05) is 17.4 Å². The average Bonchev–Trinajstić information content (AvgIpc) is 2.73. The normalized spacial score (nSPS) is 10.3. The third-order valence-corrected chi connectivity index (χ3v) is 2.29. The third kappa shape index (κ3) is 2.15. The number of benzene rings is 1. The minimum absolute atomic E-state index is 0.190. The highest BCUT2D eigenvalue weighted by atomic mass is 19.1. The Morgan fingerprint density at radius 3 is 3.07 bits per heavy atom. The zero-order chi connectivity index (χ0) is 10.7. The van der Waals surface area contributed by atoms with Gasteiger partial charge in [0.2, 0.25) is 0 Å². The molecule has 1 aromatic heterocycles. The number of nitrogens with one attached hydrogen (secondary N) is 2. The molecule has 0 fully saturated rings. The van der Waals surface area contributed by atoms with E-state index in [4.69, 9.17) is 0 Å². The van der Waals surface area contributed by atoms with Crippen molar-refractivity contribution in [3.8, 4) is 0 Å². The van der Waals surface area contributed by atoms with Crippen molar-refractivity contribution in [3.63, 3.8) is 0 Å². The topological polar surface area (TPSA) is 40.7 Å². The van der Waals surface area contributed by atoms with Crippen LogP contribution in [-0.4, -0.2) is 9.97 Å². The van der Waals surface area contributed by atoms with Crippen LogP contribution in [0.4, 0.5) is 10.1 Å². The number of imidazole rings is 1. The first-order valence-corrected chi connectivity index (χ1v) is 4.73. The maximum Gasteiger partial charge on any atom is 0.128 e. The second kappa shape index (κ2) is 4.13. The molecule has 0 aliphatic heterocycles. The Labute approximate surface area is 87.4 Å². The molecule has 0 amide bonds. The van der Waals surface area contributed by atoms with E-state index in [2.05, 4.69) is 15.3 Å². The molecule has 0 aliphatic rings. The lowest BCUT2D eigenvalue weighted by molar-refractivity contribution is 0.619. The SMILES string of the molecule is Cc1c(F)cccc1NCc1cnc[nH]1. The van der Waals surface area contributed by atoms with Crippen LogP contribution in [0.15, 0.2) is 30.7 Å². The van der Waals surface area contributed by atoms with Crippen molar-refractivity contribution in [3.05, 3.63) is 47.8 Å². The van der Waals surface area contributed by atoms with Crippen molar-refractivity contribution in [2.75, 3.05) is 5.32 Å². The lowest BCUT2D eigenvalue weighted by atomic mass is 10.2. The molecule has 0 spiro atoms. The molecule has 2 rings (SSSR count). The van der Waals surface area contributed by atoms with Gasteiger partial charge in [0.1, 0.15) is 5.82 Å². The van der Waals surface area contributed by atoms with Crippen LogP contribution < -0.4 is 5.32 Å². The molecule has 0 atom stereocenters. The van der Waals surface area contributed by atoms with E-state index in [1.807, 2.05) is 6.07 Å². The second-order valence-electron chi connectivity index (χ2n) is 3.34. The van der Waals surface area contributed by atoms with Gasteiger partial charge in [-0.15, -0.1) is 0 Å². The molecular weight excluding hydrogens is 193 g/mol. The molecule has 1 heterocycles. The number of aromatic amines is 1. The summed E-state index contributed by atoms with van der Waals surface area (Å²) in [6.07, 6.45) is 3.36. The number of H-pyrrole nitrogens is 1. The molecule has 2 N–H and O–H groups in total. The van der Waals surface area contributed by atoms with Crippen molar-refractivity contribution in [1.82, 2.24) is 9.97 Å². The van der Waals surface area contributed by atoms with E-state index in [0.717, 1.165) is 11.4 Å². The van der Waals surface area contributed by atoms with Crippen LogP contribution in [-0.2, 0) is 6.54 Å². The first-order valence-electron chi connectivity index (χ1n) is 4.73. The van der Waals surface area contributed by atoms with E-state index in [9.17, 15) is 4.39 Å². The monoisotopic (exact) mass is 205 g/mol. The molecular formula is C11H12FN3. The molecule has 78 valence electrons. The Kier molecular flexibility index (Phi) is 2.67. The Bertz CT molecular complexity index is 437. The summed E-state index contributed by atoms with van der Waals surface area (Å²) >= 11 is 0. The van der Waals surface area contributed by atoms with Gasteiger partial charge in [-0.25, -0.2) is 9.37 Å². The van der Waals surface area contributed by atoms with Crippen molar-refractivity contribution < 1.29 is 4.39 Å². The van der Waals surface area contributed by atoms with Gasteiger partial charge in [0.05, 0.1) is 18.6 Å². The summed E-state index contributed by atoms with van der Waals surface area (Å²) in [6.45, 7) is 2.37. The summed E-state index contributed by atoms with van der Waals surface area (Å²) in [5, 5.41) is 3.14. The smallest absolute Gasteiger partial charge is 0.128 e. The van der Waals surface area contributed by atoms with E-state index >= 15 is 0 Å². The van der Waals surface area contributed by atoms with Crippen molar-refractivity contribution in [2.45, 2.75) is 13.5 Å². The Hall–Kier alpha value is -1.84. The van der Waals surface area contributed by atoms with Crippen LogP contribution in [0.5, 0.6) is 0 Å². The van der Waals surface area contributed by atoms with Gasteiger partial charge in [0.15, 0.2) is 0 Å². The lowest BCUT2D eigenvalue weighted by Crippen LogP contribution is -2.02. The van der Waals surface area contributed by atoms with E-state index < -0.39 is 0 Å². The average molecular weight is 205 g/mol. The third-order valence-electron chi connectivity index (χ3n) is 2.29. The highest BCUT2D eigenvalue weighted by Crippen LogP contribution is 2.17. The molecule has 1 aromatic carbocycles. The van der Waals surface area contributed by atoms with Gasteiger partial charge in [-0.3, -0.25) is 0 Å². The summed E-state index contributed by atoms with van der Waals surface area (Å²) in [6, 6.07) is 5.00. The van der Waals surface area contributed by atoms with Crippen LogP contribution in [0, 0.1) is 12.7 Å². The van der Waals surface area contributed by atoms with Gasteiger partial charge >= 0.3 is 0 Å². The summed E-state index contributed by atoms with van der Waals surface area (Å²) < 4.78 is 13.2. The lowest BCUT2D eigenvalue weighted by Gasteiger charge is -2.08. The summed E-state index contributed by atoms with van der Waals surface area (Å²) in [5.41, 5.74) is 2.42. The van der Waals surface area contributed by atoms with Crippen LogP contribution in [0.1, 0.15) is 11.3 Å². The molecule has 0 bridgehead atoms. The van der Waals surface area contributed by atoms with E-state index in [0.29, 0.717) is 12.1 Å². The molecule has 0 radical (unpaired) electrons. The first kappa shape index (κ1) is 9.71. The standard InChI is InChI=1S/C11H12FN3/c1-8-10(12)3-2-4-11(8)14-6-9-5-13-7-15-9/h2-5,7,14H,6H2,1H3,(H,13,15). The largest absolute Gasteiger partial charge is 0.379 e. The number of hydrogen-bond donors (Lipinski definition) is 2. The zero-order valence-corrected chi connectivity index (χ0v) is 8.42. The zero-order valence-electron chi connectivity index (χ0n) is 8.42. The second-order valence-corrected chi connectivity index (χ2v) is 3.34. The first-order chi connectivity index (χ1) is 7.27. The number of halogens is 1. The molecule has 0 saturated carbocycles. The van der Waals surface area contributed by atoms with E-state index in [1.165, 1.54) is 6.07 Å². The van der Waals surface area contributed by atoms with Gasteiger partial charge in [-0.2, -0.15) is 0 Å². The van der Waals surface area contributed by atoms with Gasteiger partial charge < -0.3 is 10.3 Å². The molecule has 0 saturated heterocycles. The molecule has 0 unspecified atom stereocenters. The summed E-state index contributed by atoms with van der Waals surface area (Å²) in [7, 11) is 0. The highest BCUT2D eigenvalue weighted by molar-refractivity contribution is 5.50. The fraction of sp³-hybridized carbons (Fsp3) is 0.182. The minimum Gasteiger partial charge on any atom is -0.379 e. The fourth-order valence-electron chi connectivity index (χ4n) is 1.37.